The van der Waals surface area contributed by atoms with Crippen LogP contribution in [0.1, 0.15) is 23.1 Å². The lowest BCUT2D eigenvalue weighted by atomic mass is 9.96. The first-order valence-corrected chi connectivity index (χ1v) is 8.80. The largest absolute Gasteiger partial charge is 0.206 e. The zero-order chi connectivity index (χ0) is 20.0. The van der Waals surface area contributed by atoms with Gasteiger partial charge < -0.3 is 0 Å². The zero-order valence-corrected chi connectivity index (χ0v) is 14.8. The Morgan fingerprint density at radius 3 is 2.21 bits per heavy atom. The lowest BCUT2D eigenvalue weighted by Crippen LogP contribution is -1.99. The van der Waals surface area contributed by atoms with Crippen LogP contribution in [0, 0.1) is 29.1 Å². The molecule has 3 aromatic rings. The number of halogens is 5. The van der Waals surface area contributed by atoms with E-state index in [1.165, 1.54) is 24.3 Å². The second-order valence-corrected chi connectivity index (χ2v) is 6.80. The lowest BCUT2D eigenvalue weighted by molar-refractivity contribution is 0.502. The van der Waals surface area contributed by atoms with Crippen molar-refractivity contribution in [2.45, 2.75) is 19.3 Å². The highest BCUT2D eigenvalue weighted by Gasteiger charge is 2.31. The second-order valence-electron chi connectivity index (χ2n) is 6.80. The molecule has 142 valence electrons. The van der Waals surface area contributed by atoms with Crippen molar-refractivity contribution >= 4 is 0 Å². The summed E-state index contributed by atoms with van der Waals surface area (Å²) in [5, 5.41) is 0. The van der Waals surface area contributed by atoms with Gasteiger partial charge in [0.1, 0.15) is 5.82 Å². The number of rotatable bonds is 4. The summed E-state index contributed by atoms with van der Waals surface area (Å²) in [6, 6.07) is 7.95. The van der Waals surface area contributed by atoms with Crippen LogP contribution in [0.5, 0.6) is 0 Å². The van der Waals surface area contributed by atoms with Gasteiger partial charge in [-0.2, -0.15) is 0 Å². The van der Waals surface area contributed by atoms with Crippen LogP contribution in [-0.4, -0.2) is 0 Å². The fourth-order valence-electron chi connectivity index (χ4n) is 3.70. The third-order valence-electron chi connectivity index (χ3n) is 5.06. The van der Waals surface area contributed by atoms with Gasteiger partial charge in [0.15, 0.2) is 23.3 Å². The Balaban J connectivity index is 1.85. The van der Waals surface area contributed by atoms with Gasteiger partial charge in [-0.1, -0.05) is 24.3 Å². The fraction of sp³-hybridized carbons (Fsp3) is 0.130. The van der Waals surface area contributed by atoms with Crippen LogP contribution in [0.2, 0.25) is 0 Å². The third-order valence-corrected chi connectivity index (χ3v) is 5.06. The Bertz CT molecular complexity index is 1110. The smallest absolute Gasteiger partial charge is 0.167 e. The van der Waals surface area contributed by atoms with E-state index in [-0.39, 0.29) is 28.7 Å². The molecule has 0 fully saturated rings. The summed E-state index contributed by atoms with van der Waals surface area (Å²) in [4.78, 5) is 0. The fourth-order valence-corrected chi connectivity index (χ4v) is 3.70. The van der Waals surface area contributed by atoms with Crippen molar-refractivity contribution in [1.82, 2.24) is 0 Å². The molecule has 0 amide bonds. The quantitative estimate of drug-likeness (QED) is 0.269. The van der Waals surface area contributed by atoms with Gasteiger partial charge in [0, 0.05) is 22.3 Å². The summed E-state index contributed by atoms with van der Waals surface area (Å²) >= 11 is 0. The molecule has 4 rings (SSSR count). The molecular weight excluding hydrogens is 371 g/mol. The molecule has 0 radical (unpaired) electrons. The summed E-state index contributed by atoms with van der Waals surface area (Å²) in [6.45, 7) is 3.61. The minimum absolute atomic E-state index is 0.0795. The average Bonchev–Trinajstić information content (AvgIpc) is 3.05. The van der Waals surface area contributed by atoms with E-state index in [4.69, 9.17) is 0 Å². The van der Waals surface area contributed by atoms with Crippen molar-refractivity contribution in [3.8, 4) is 22.3 Å². The van der Waals surface area contributed by atoms with Crippen LogP contribution < -0.4 is 0 Å². The number of benzene rings is 3. The van der Waals surface area contributed by atoms with Crippen LogP contribution in [0.3, 0.4) is 0 Å². The van der Waals surface area contributed by atoms with Crippen LogP contribution in [-0.2, 0) is 12.8 Å². The monoisotopic (exact) mass is 386 g/mol. The molecule has 1 aliphatic rings. The molecule has 0 N–H and O–H groups in total. The molecule has 0 bridgehead atoms. The highest BCUT2D eigenvalue weighted by Crippen LogP contribution is 2.44. The lowest BCUT2D eigenvalue weighted by Gasteiger charge is -2.12. The molecule has 5 heteroatoms. The molecule has 0 saturated carbocycles. The van der Waals surface area contributed by atoms with Gasteiger partial charge in [0.05, 0.1) is 0 Å². The van der Waals surface area contributed by atoms with Crippen molar-refractivity contribution in [3.05, 3.63) is 94.8 Å². The average molecular weight is 386 g/mol. The van der Waals surface area contributed by atoms with Crippen LogP contribution in [0.4, 0.5) is 22.0 Å². The van der Waals surface area contributed by atoms with Gasteiger partial charge >= 0.3 is 0 Å². The molecular formula is C23H15F5. The molecule has 0 heterocycles. The summed E-state index contributed by atoms with van der Waals surface area (Å²) in [5.74, 6) is -5.59. The maximum atomic E-state index is 14.8. The van der Waals surface area contributed by atoms with Crippen LogP contribution >= 0.6 is 0 Å². The molecule has 0 atom stereocenters. The Morgan fingerprint density at radius 2 is 1.50 bits per heavy atom. The first-order valence-electron chi connectivity index (χ1n) is 8.80. The van der Waals surface area contributed by atoms with Crippen molar-refractivity contribution in [1.29, 1.82) is 0 Å². The minimum Gasteiger partial charge on any atom is -0.206 e. The van der Waals surface area contributed by atoms with Gasteiger partial charge in [0.2, 0.25) is 0 Å². The zero-order valence-electron chi connectivity index (χ0n) is 14.8. The van der Waals surface area contributed by atoms with Crippen molar-refractivity contribution in [2.75, 3.05) is 0 Å². The van der Waals surface area contributed by atoms with Crippen molar-refractivity contribution in [3.63, 3.8) is 0 Å². The Labute approximate surface area is 159 Å². The van der Waals surface area contributed by atoms with Crippen LogP contribution in [0.25, 0.3) is 22.3 Å². The molecule has 0 saturated heterocycles. The highest BCUT2D eigenvalue weighted by molar-refractivity contribution is 5.81. The summed E-state index contributed by atoms with van der Waals surface area (Å²) in [7, 11) is 0. The number of fused-ring (bicyclic) bond motifs is 3. The van der Waals surface area contributed by atoms with E-state index in [1.807, 2.05) is 0 Å². The first kappa shape index (κ1) is 18.4. The molecule has 1 aliphatic carbocycles. The van der Waals surface area contributed by atoms with Gasteiger partial charge in [-0.05, 0) is 54.2 Å². The van der Waals surface area contributed by atoms with E-state index < -0.39 is 29.1 Å². The van der Waals surface area contributed by atoms with Crippen molar-refractivity contribution in [2.24, 2.45) is 0 Å². The van der Waals surface area contributed by atoms with Gasteiger partial charge in [-0.25, -0.2) is 22.0 Å². The molecule has 0 aromatic heterocycles. The number of aryl methyl sites for hydroxylation is 1. The van der Waals surface area contributed by atoms with Gasteiger partial charge in [-0.15, -0.1) is 6.58 Å². The molecule has 0 nitrogen and oxygen atoms in total. The Hall–Kier alpha value is -2.95. The van der Waals surface area contributed by atoms with E-state index in [0.29, 0.717) is 29.5 Å². The predicted molar refractivity (Wildman–Crippen MR) is 98.4 cm³/mol. The Kier molecular flexibility index (Phi) is 4.53. The first-order chi connectivity index (χ1) is 13.4. The number of hydrogen-bond donors (Lipinski definition) is 0. The van der Waals surface area contributed by atoms with Crippen LogP contribution in [0.15, 0.2) is 49.1 Å². The maximum Gasteiger partial charge on any atom is 0.167 e. The van der Waals surface area contributed by atoms with Gasteiger partial charge in [-0.3, -0.25) is 0 Å². The molecule has 0 spiro atoms. The minimum atomic E-state index is -1.30. The van der Waals surface area contributed by atoms with E-state index in [1.54, 1.807) is 12.1 Å². The number of hydrogen-bond acceptors (Lipinski definition) is 0. The molecule has 3 aromatic carbocycles. The Morgan fingerprint density at radius 1 is 0.750 bits per heavy atom. The third kappa shape index (κ3) is 2.82. The van der Waals surface area contributed by atoms with Gasteiger partial charge in [0.25, 0.3) is 0 Å². The van der Waals surface area contributed by atoms with E-state index in [9.17, 15) is 22.0 Å². The second kappa shape index (κ2) is 6.89. The van der Waals surface area contributed by atoms with E-state index >= 15 is 0 Å². The van der Waals surface area contributed by atoms with Crippen molar-refractivity contribution < 1.29 is 22.0 Å². The molecule has 28 heavy (non-hydrogen) atoms. The summed E-state index contributed by atoms with van der Waals surface area (Å²) < 4.78 is 72.0. The van der Waals surface area contributed by atoms with E-state index in [0.717, 1.165) is 6.07 Å². The molecule has 0 unspecified atom stereocenters. The summed E-state index contributed by atoms with van der Waals surface area (Å²) in [5.41, 5.74) is 0.498. The predicted octanol–water partition coefficient (Wildman–Crippen LogP) is 6.74. The maximum absolute atomic E-state index is 14.8. The highest BCUT2D eigenvalue weighted by atomic mass is 19.2. The van der Waals surface area contributed by atoms with E-state index in [2.05, 4.69) is 6.58 Å². The standard InChI is InChI=1S/C23H15F5/c1-2-3-4-12-5-7-15(18(25)9-12)16-11-14-10-13-6-8-17(24)22(27)19(13)20(14)23(28)21(16)26/h2,5-9,11H,1,3-4,10H2. The SMILES string of the molecule is C=CCCc1ccc(-c2cc3c(c(F)c2F)-c2c(ccc(F)c2F)C3)c(F)c1. The number of allylic oxidation sites excluding steroid dienone is 1. The summed E-state index contributed by atoms with van der Waals surface area (Å²) in [6.07, 6.45) is 3.08. The topological polar surface area (TPSA) is 0 Å². The normalized spacial score (nSPS) is 12.0. The molecule has 0 aliphatic heterocycles.